The Morgan fingerprint density at radius 2 is 0.933 bits per heavy atom. The minimum atomic E-state index is -5.61. The predicted octanol–water partition coefficient (Wildman–Crippen LogP) is -16.4. The molecule has 10 heteroatoms. The van der Waals surface area contributed by atoms with Crippen molar-refractivity contribution >= 4 is 9.05 Å². The van der Waals surface area contributed by atoms with Crippen molar-refractivity contribution < 1.29 is 137 Å². The van der Waals surface area contributed by atoms with E-state index in [1.807, 2.05) is 0 Å². The number of piperidine rings is 1. The standard InChI is InChI=1S/C5H11N.4Na.O4Si/c1-2-4-6-5-3-1;;;;;1-5(2,3)4/h6H,1-5H2;;;;;/q;4*+1;-4. The minimum Gasteiger partial charge on any atom is -0.894 e. The molecule has 1 aliphatic rings. The fourth-order valence-electron chi connectivity index (χ4n) is 0.802. The third-order valence-electron chi connectivity index (χ3n) is 1.21. The van der Waals surface area contributed by atoms with Crippen LogP contribution in [0.5, 0.6) is 0 Å². The first-order valence-electron chi connectivity index (χ1n) is 3.52. The molecular formula is C5H11NNa4O4Si. The van der Waals surface area contributed by atoms with Gasteiger partial charge in [-0.3, -0.25) is 0 Å². The van der Waals surface area contributed by atoms with Gasteiger partial charge < -0.3 is 33.5 Å². The van der Waals surface area contributed by atoms with E-state index in [4.69, 9.17) is 19.2 Å². The molecule has 0 atom stereocenters. The van der Waals surface area contributed by atoms with E-state index in [1.165, 1.54) is 32.4 Å². The number of hydrogen-bond acceptors (Lipinski definition) is 5. The topological polar surface area (TPSA) is 104 Å². The Labute approximate surface area is 180 Å². The van der Waals surface area contributed by atoms with Gasteiger partial charge in [0.1, 0.15) is 0 Å². The molecule has 1 aliphatic heterocycles. The van der Waals surface area contributed by atoms with E-state index >= 15 is 0 Å². The average Bonchev–Trinajstić information content (AvgIpc) is 1.88. The van der Waals surface area contributed by atoms with Gasteiger partial charge in [-0.2, -0.15) is 0 Å². The molecule has 1 fully saturated rings. The Hall–Kier alpha value is 4.02. The first-order valence-corrected chi connectivity index (χ1v) is 5.16. The molecule has 0 bridgehead atoms. The molecule has 0 unspecified atom stereocenters. The molecule has 0 spiro atoms. The zero-order valence-electron chi connectivity index (χ0n) is 10.2. The molecule has 0 aromatic rings. The van der Waals surface area contributed by atoms with Gasteiger partial charge in [0.25, 0.3) is 0 Å². The predicted molar refractivity (Wildman–Crippen MR) is 32.5 cm³/mol. The van der Waals surface area contributed by atoms with Crippen molar-refractivity contribution in [3.8, 4) is 0 Å². The van der Waals surface area contributed by atoms with Gasteiger partial charge in [-0.1, -0.05) is 6.42 Å². The van der Waals surface area contributed by atoms with Gasteiger partial charge in [-0.05, 0) is 25.9 Å². The van der Waals surface area contributed by atoms with Gasteiger partial charge in [-0.15, -0.1) is 0 Å². The molecule has 0 amide bonds. The minimum absolute atomic E-state index is 0. The third kappa shape index (κ3) is 46.1. The maximum atomic E-state index is 8.58. The van der Waals surface area contributed by atoms with Crippen molar-refractivity contribution in [2.24, 2.45) is 0 Å². The second-order valence-corrected chi connectivity index (χ2v) is 3.31. The van der Waals surface area contributed by atoms with Crippen LogP contribution < -0.4 is 143 Å². The number of rotatable bonds is 0. The van der Waals surface area contributed by atoms with Crippen molar-refractivity contribution in [1.29, 1.82) is 0 Å². The van der Waals surface area contributed by atoms with E-state index in [2.05, 4.69) is 5.32 Å². The molecule has 0 radical (unpaired) electrons. The fraction of sp³-hybridized carbons (Fsp3) is 1.00. The molecule has 0 aromatic carbocycles. The second-order valence-electron chi connectivity index (χ2n) is 2.31. The summed E-state index contributed by atoms with van der Waals surface area (Å²) in [6.07, 6.45) is 4.22. The SMILES string of the molecule is C1CCNCC1.[Na+].[Na+].[Na+].[Na+].[O-][Si]([O-])([O-])[O-]. The Morgan fingerprint density at radius 1 is 0.667 bits per heavy atom. The maximum Gasteiger partial charge on any atom is 1.00 e. The largest absolute Gasteiger partial charge is 1.00 e. The van der Waals surface area contributed by atoms with Crippen LogP contribution in [0, 0.1) is 0 Å². The molecular weight excluding hydrogens is 258 g/mol. The van der Waals surface area contributed by atoms with Crippen LogP contribution >= 0.6 is 0 Å². The molecule has 15 heavy (non-hydrogen) atoms. The van der Waals surface area contributed by atoms with Crippen molar-refractivity contribution in [3.05, 3.63) is 0 Å². The molecule has 0 aromatic heterocycles. The third-order valence-corrected chi connectivity index (χ3v) is 1.21. The monoisotopic (exact) mass is 269 g/mol. The van der Waals surface area contributed by atoms with Gasteiger partial charge in [0.15, 0.2) is 0 Å². The Kier molecular flexibility index (Phi) is 42.6. The summed E-state index contributed by atoms with van der Waals surface area (Å²) < 4.78 is 0. The van der Waals surface area contributed by atoms with E-state index in [0.717, 1.165) is 0 Å². The molecule has 1 N–H and O–H groups in total. The van der Waals surface area contributed by atoms with E-state index in [-0.39, 0.29) is 118 Å². The zero-order valence-corrected chi connectivity index (χ0v) is 19.2. The summed E-state index contributed by atoms with van der Waals surface area (Å²) >= 11 is 0. The Balaban J connectivity index is -0.0000000356. The summed E-state index contributed by atoms with van der Waals surface area (Å²) in [5.41, 5.74) is 0. The summed E-state index contributed by atoms with van der Waals surface area (Å²) in [5.74, 6) is 0. The van der Waals surface area contributed by atoms with E-state index in [1.54, 1.807) is 0 Å². The molecule has 5 nitrogen and oxygen atoms in total. The van der Waals surface area contributed by atoms with E-state index in [9.17, 15) is 0 Å². The van der Waals surface area contributed by atoms with Gasteiger partial charge in [0.2, 0.25) is 0 Å². The summed E-state index contributed by atoms with van der Waals surface area (Å²) in [6.45, 7) is 2.50. The van der Waals surface area contributed by atoms with Gasteiger partial charge in [-0.25, -0.2) is 0 Å². The average molecular weight is 269 g/mol. The van der Waals surface area contributed by atoms with Crippen LogP contribution in [0.2, 0.25) is 0 Å². The summed E-state index contributed by atoms with van der Waals surface area (Å²) in [4.78, 5) is 34.3. The number of hydrogen-bond donors (Lipinski definition) is 1. The molecule has 0 saturated carbocycles. The van der Waals surface area contributed by atoms with Gasteiger partial charge >= 0.3 is 118 Å². The van der Waals surface area contributed by atoms with Crippen LogP contribution in [0.25, 0.3) is 0 Å². The molecule has 0 aliphatic carbocycles. The summed E-state index contributed by atoms with van der Waals surface area (Å²) in [6, 6.07) is 0. The smallest absolute Gasteiger partial charge is 0.894 e. The van der Waals surface area contributed by atoms with Crippen LogP contribution in [0.15, 0.2) is 0 Å². The van der Waals surface area contributed by atoms with Crippen LogP contribution in [0.3, 0.4) is 0 Å². The van der Waals surface area contributed by atoms with Gasteiger partial charge in [0.05, 0.1) is 0 Å². The quantitative estimate of drug-likeness (QED) is 0.440. The summed E-state index contributed by atoms with van der Waals surface area (Å²) in [7, 11) is -5.61. The Bertz CT molecular complexity index is 86.0. The first-order chi connectivity index (χ1) is 5.00. The van der Waals surface area contributed by atoms with Crippen molar-refractivity contribution in [2.75, 3.05) is 13.1 Å². The van der Waals surface area contributed by atoms with E-state index in [0.29, 0.717) is 0 Å². The number of nitrogens with one attached hydrogen (secondary N) is 1. The van der Waals surface area contributed by atoms with Crippen molar-refractivity contribution in [2.45, 2.75) is 19.3 Å². The van der Waals surface area contributed by atoms with E-state index < -0.39 is 9.05 Å². The first kappa shape index (κ1) is 31.4. The maximum absolute atomic E-state index is 8.58. The second kappa shape index (κ2) is 20.3. The molecule has 1 heterocycles. The molecule has 1 saturated heterocycles. The van der Waals surface area contributed by atoms with Crippen LogP contribution in [0.1, 0.15) is 19.3 Å². The fourth-order valence-corrected chi connectivity index (χ4v) is 0.802. The summed E-state index contributed by atoms with van der Waals surface area (Å²) in [5, 5.41) is 3.28. The van der Waals surface area contributed by atoms with Crippen molar-refractivity contribution in [3.63, 3.8) is 0 Å². The van der Waals surface area contributed by atoms with Crippen LogP contribution in [-0.2, 0) is 0 Å². The van der Waals surface area contributed by atoms with Crippen LogP contribution in [-0.4, -0.2) is 22.1 Å². The van der Waals surface area contributed by atoms with Gasteiger partial charge in [0, 0.05) is 0 Å². The van der Waals surface area contributed by atoms with Crippen LogP contribution in [0.4, 0.5) is 0 Å². The normalized spacial score (nSPS) is 13.6. The Morgan fingerprint density at radius 3 is 1.00 bits per heavy atom. The molecule has 68 valence electrons. The zero-order chi connectivity index (χ0) is 8.74. The molecule has 1 rings (SSSR count). The van der Waals surface area contributed by atoms with Crippen molar-refractivity contribution in [1.82, 2.24) is 5.32 Å².